The Hall–Kier alpha value is -3.03. The lowest BCUT2D eigenvalue weighted by Gasteiger charge is -2.39. The molecule has 1 unspecified atom stereocenters. The van der Waals surface area contributed by atoms with Gasteiger partial charge >= 0.3 is 0 Å². The van der Waals surface area contributed by atoms with Gasteiger partial charge in [0.05, 0.1) is 6.61 Å². The standard InChI is InChI=1S/C21H19F2N3O3/c22-18(23)13-2-3-15(25-9-13)16(27)8-12-1-4-17-14(7-12)21(11-29-19(24)26-21)20(5-6-20)10-28-17/h1-4,7,9,18H,5-6,8,10-11H2,(H2,24,26). The number of ketones is 1. The molecule has 3 heterocycles. The van der Waals surface area contributed by atoms with Gasteiger partial charge in [-0.3, -0.25) is 9.78 Å². The topological polar surface area (TPSA) is 86.8 Å². The molecule has 0 bridgehead atoms. The predicted octanol–water partition coefficient (Wildman–Crippen LogP) is 3.16. The fourth-order valence-electron chi connectivity index (χ4n) is 4.28. The molecule has 150 valence electrons. The van der Waals surface area contributed by atoms with Crippen LogP contribution in [0.25, 0.3) is 0 Å². The van der Waals surface area contributed by atoms with Gasteiger partial charge in [-0.05, 0) is 42.7 Å². The molecule has 1 aromatic carbocycles. The number of carbonyl (C=O) groups excluding carboxylic acids is 1. The number of pyridine rings is 1. The Morgan fingerprint density at radius 3 is 2.62 bits per heavy atom. The Bertz CT molecular complexity index is 1020. The third-order valence-electron chi connectivity index (χ3n) is 6.14. The van der Waals surface area contributed by atoms with Crippen molar-refractivity contribution < 1.29 is 23.0 Å². The Morgan fingerprint density at radius 1 is 1.17 bits per heavy atom. The van der Waals surface area contributed by atoms with E-state index < -0.39 is 12.0 Å². The third-order valence-corrected chi connectivity index (χ3v) is 6.14. The average Bonchev–Trinajstić information content (AvgIpc) is 3.41. The van der Waals surface area contributed by atoms with Gasteiger partial charge in [-0.15, -0.1) is 0 Å². The van der Waals surface area contributed by atoms with Crippen molar-refractivity contribution >= 4 is 11.8 Å². The highest BCUT2D eigenvalue weighted by Gasteiger charge is 2.66. The van der Waals surface area contributed by atoms with E-state index in [1.54, 1.807) is 0 Å². The lowest BCUT2D eigenvalue weighted by atomic mass is 9.74. The summed E-state index contributed by atoms with van der Waals surface area (Å²) in [6.07, 6.45) is 0.487. The highest BCUT2D eigenvalue weighted by Crippen LogP contribution is 2.65. The summed E-state index contributed by atoms with van der Waals surface area (Å²) in [5.41, 5.74) is 6.75. The molecule has 2 aliphatic heterocycles. The highest BCUT2D eigenvalue weighted by atomic mass is 19.3. The van der Waals surface area contributed by atoms with Crippen molar-refractivity contribution in [1.82, 2.24) is 4.98 Å². The molecule has 5 rings (SSSR count). The number of fused-ring (bicyclic) bond motifs is 3. The highest BCUT2D eigenvalue weighted by molar-refractivity contribution is 5.95. The van der Waals surface area contributed by atoms with Crippen LogP contribution >= 0.6 is 0 Å². The number of hydrogen-bond acceptors (Lipinski definition) is 6. The van der Waals surface area contributed by atoms with E-state index in [0.717, 1.165) is 35.9 Å². The van der Waals surface area contributed by atoms with E-state index in [1.807, 2.05) is 18.2 Å². The molecule has 1 aliphatic carbocycles. The summed E-state index contributed by atoms with van der Waals surface area (Å²) in [4.78, 5) is 21.2. The predicted molar refractivity (Wildman–Crippen MR) is 100 cm³/mol. The van der Waals surface area contributed by atoms with E-state index in [4.69, 9.17) is 15.2 Å². The number of aliphatic imine (C=N–C) groups is 1. The van der Waals surface area contributed by atoms with Gasteiger partial charge in [0.15, 0.2) is 5.78 Å². The second-order valence-corrected chi connectivity index (χ2v) is 7.88. The van der Waals surface area contributed by atoms with Crippen LogP contribution in [-0.4, -0.2) is 30.0 Å². The summed E-state index contributed by atoms with van der Waals surface area (Å²) in [6.45, 7) is 0.933. The van der Waals surface area contributed by atoms with E-state index >= 15 is 0 Å². The number of Topliss-reactive ketones (excluding diaryl/α,β-unsaturated/α-hetero) is 1. The van der Waals surface area contributed by atoms with Crippen molar-refractivity contribution in [1.29, 1.82) is 0 Å². The zero-order valence-corrected chi connectivity index (χ0v) is 15.5. The molecule has 0 amide bonds. The summed E-state index contributed by atoms with van der Waals surface area (Å²) >= 11 is 0. The zero-order chi connectivity index (χ0) is 20.2. The van der Waals surface area contributed by atoms with Crippen LogP contribution in [0.2, 0.25) is 0 Å². The van der Waals surface area contributed by atoms with Gasteiger partial charge in [0.25, 0.3) is 12.4 Å². The normalized spacial score (nSPS) is 23.5. The molecule has 29 heavy (non-hydrogen) atoms. The van der Waals surface area contributed by atoms with Crippen molar-refractivity contribution in [2.24, 2.45) is 16.1 Å². The average molecular weight is 399 g/mol. The molecule has 1 atom stereocenters. The van der Waals surface area contributed by atoms with Crippen LogP contribution < -0.4 is 10.5 Å². The van der Waals surface area contributed by atoms with E-state index in [9.17, 15) is 13.6 Å². The first-order valence-electron chi connectivity index (χ1n) is 9.44. The Kier molecular flexibility index (Phi) is 3.88. The fourth-order valence-corrected chi connectivity index (χ4v) is 4.28. The SMILES string of the molecule is NC1=NC2(CO1)c1cc(CC(=O)c3ccc(C(F)F)cn3)ccc1OCC21CC1. The van der Waals surface area contributed by atoms with Crippen LogP contribution in [0.3, 0.4) is 0 Å². The number of nitrogens with zero attached hydrogens (tertiary/aromatic N) is 2. The molecular formula is C21H19F2N3O3. The first-order valence-corrected chi connectivity index (χ1v) is 9.44. The number of carbonyl (C=O) groups is 1. The minimum Gasteiger partial charge on any atom is -0.493 e. The first kappa shape index (κ1) is 18.0. The van der Waals surface area contributed by atoms with Gasteiger partial charge in [0.2, 0.25) is 0 Å². The Morgan fingerprint density at radius 2 is 2.00 bits per heavy atom. The number of aromatic nitrogens is 1. The zero-order valence-electron chi connectivity index (χ0n) is 15.5. The number of rotatable bonds is 4. The molecule has 2 aromatic rings. The van der Waals surface area contributed by atoms with E-state index in [1.165, 1.54) is 12.1 Å². The number of alkyl halides is 2. The monoisotopic (exact) mass is 399 g/mol. The minimum absolute atomic E-state index is 0.0947. The van der Waals surface area contributed by atoms with Gasteiger partial charge in [-0.25, -0.2) is 13.8 Å². The third kappa shape index (κ3) is 2.77. The van der Waals surface area contributed by atoms with Gasteiger partial charge in [-0.2, -0.15) is 0 Å². The smallest absolute Gasteiger partial charge is 0.283 e. The molecule has 2 spiro atoms. The maximum Gasteiger partial charge on any atom is 0.283 e. The Labute approximate surface area is 165 Å². The largest absolute Gasteiger partial charge is 0.493 e. The van der Waals surface area contributed by atoms with Crippen LogP contribution in [0.1, 0.15) is 46.4 Å². The number of nitrogens with two attached hydrogens (primary N) is 1. The van der Waals surface area contributed by atoms with Gasteiger partial charge in [0, 0.05) is 29.2 Å². The van der Waals surface area contributed by atoms with Crippen molar-refractivity contribution in [3.8, 4) is 5.75 Å². The molecule has 0 radical (unpaired) electrons. The van der Waals surface area contributed by atoms with Crippen LogP contribution in [0, 0.1) is 5.41 Å². The van der Waals surface area contributed by atoms with Crippen molar-refractivity contribution in [2.75, 3.05) is 13.2 Å². The maximum atomic E-state index is 12.7. The van der Waals surface area contributed by atoms with Gasteiger partial charge in [-0.1, -0.05) is 6.07 Å². The molecule has 1 aromatic heterocycles. The van der Waals surface area contributed by atoms with Crippen LogP contribution in [0.5, 0.6) is 5.75 Å². The van der Waals surface area contributed by atoms with Gasteiger partial charge < -0.3 is 15.2 Å². The second-order valence-electron chi connectivity index (χ2n) is 7.88. The van der Waals surface area contributed by atoms with Crippen molar-refractivity contribution in [2.45, 2.75) is 31.2 Å². The van der Waals surface area contributed by atoms with Gasteiger partial charge in [0.1, 0.15) is 23.6 Å². The first-order chi connectivity index (χ1) is 13.9. The Balaban J connectivity index is 1.45. The summed E-state index contributed by atoms with van der Waals surface area (Å²) in [6, 6.07) is 8.32. The fraction of sp³-hybridized carbons (Fsp3) is 0.381. The van der Waals surface area contributed by atoms with Crippen LogP contribution in [0.4, 0.5) is 8.78 Å². The van der Waals surface area contributed by atoms with E-state index in [0.29, 0.717) is 13.2 Å². The number of benzene rings is 1. The number of halogens is 2. The lowest BCUT2D eigenvalue weighted by Crippen LogP contribution is -2.44. The molecular weight excluding hydrogens is 380 g/mol. The molecule has 8 heteroatoms. The lowest BCUT2D eigenvalue weighted by molar-refractivity contribution is 0.0869. The minimum atomic E-state index is -2.61. The summed E-state index contributed by atoms with van der Waals surface area (Å²) in [7, 11) is 0. The summed E-state index contributed by atoms with van der Waals surface area (Å²) in [5.74, 6) is 0.476. The van der Waals surface area contributed by atoms with Crippen molar-refractivity contribution in [3.63, 3.8) is 0 Å². The van der Waals surface area contributed by atoms with Crippen LogP contribution in [-0.2, 0) is 16.7 Å². The molecule has 0 saturated heterocycles. The number of hydrogen-bond donors (Lipinski definition) is 1. The second kappa shape index (κ2) is 6.23. The van der Waals surface area contributed by atoms with E-state index in [-0.39, 0.29) is 34.9 Å². The number of ether oxygens (including phenoxy) is 2. The molecule has 3 aliphatic rings. The quantitative estimate of drug-likeness (QED) is 0.798. The maximum absolute atomic E-state index is 12.7. The molecule has 2 N–H and O–H groups in total. The van der Waals surface area contributed by atoms with Crippen LogP contribution in [0.15, 0.2) is 41.5 Å². The summed E-state index contributed by atoms with van der Waals surface area (Å²) < 4.78 is 36.9. The molecule has 1 fully saturated rings. The number of amidine groups is 1. The summed E-state index contributed by atoms with van der Waals surface area (Å²) in [5, 5.41) is 0. The molecule has 6 nitrogen and oxygen atoms in total. The molecule has 1 saturated carbocycles. The van der Waals surface area contributed by atoms with E-state index in [2.05, 4.69) is 9.98 Å². The van der Waals surface area contributed by atoms with Crippen molar-refractivity contribution in [3.05, 3.63) is 58.9 Å².